The van der Waals surface area contributed by atoms with Crippen LogP contribution in [0.15, 0.2) is 30.3 Å². The molecule has 31 heavy (non-hydrogen) atoms. The highest BCUT2D eigenvalue weighted by Gasteiger charge is 2.18. The molecule has 2 aromatic rings. The lowest BCUT2D eigenvalue weighted by molar-refractivity contribution is -0.124. The summed E-state index contributed by atoms with van der Waals surface area (Å²) in [5.74, 6) is 0.894. The van der Waals surface area contributed by atoms with Crippen LogP contribution in [0.3, 0.4) is 0 Å². The first-order valence-electron chi connectivity index (χ1n) is 9.93. The molecule has 0 radical (unpaired) electrons. The third-order valence-electron chi connectivity index (χ3n) is 4.26. The molecule has 0 atom stereocenters. The Kier molecular flexibility index (Phi) is 7.83. The Morgan fingerprint density at radius 3 is 2.68 bits per heavy atom. The number of halogens is 1. The number of hydrogen-bond acceptors (Lipinski definition) is 7. The van der Waals surface area contributed by atoms with Crippen LogP contribution in [-0.2, 0) is 16.1 Å². The molecule has 9 heteroatoms. The standard InChI is InChI=1S/C22H24ClNO7/c1-3-7-28-21-16(23)9-15(10-19(21)27-4-2)22(26)29-12-20(25)24-11-14-5-6-17-18(8-14)31-13-30-17/h5-6,8-10H,3-4,7,11-13H2,1-2H3,(H,24,25). The van der Waals surface area contributed by atoms with Crippen LogP contribution < -0.4 is 24.3 Å². The molecule has 0 aliphatic carbocycles. The van der Waals surface area contributed by atoms with E-state index < -0.39 is 18.5 Å². The summed E-state index contributed by atoms with van der Waals surface area (Å²) in [6.07, 6.45) is 0.799. The lowest BCUT2D eigenvalue weighted by atomic mass is 10.2. The van der Waals surface area contributed by atoms with E-state index in [1.54, 1.807) is 12.1 Å². The molecule has 0 spiro atoms. The van der Waals surface area contributed by atoms with Gasteiger partial charge in [-0.05, 0) is 43.2 Å². The van der Waals surface area contributed by atoms with Gasteiger partial charge in [-0.25, -0.2) is 4.79 Å². The van der Waals surface area contributed by atoms with Gasteiger partial charge in [-0.15, -0.1) is 0 Å². The highest BCUT2D eigenvalue weighted by atomic mass is 35.5. The van der Waals surface area contributed by atoms with Crippen LogP contribution >= 0.6 is 11.6 Å². The number of rotatable bonds is 10. The Bertz CT molecular complexity index is 948. The molecule has 166 valence electrons. The predicted octanol–water partition coefficient (Wildman–Crippen LogP) is 3.73. The van der Waals surface area contributed by atoms with E-state index in [1.165, 1.54) is 12.1 Å². The monoisotopic (exact) mass is 449 g/mol. The van der Waals surface area contributed by atoms with Crippen molar-refractivity contribution < 1.29 is 33.3 Å². The number of ether oxygens (including phenoxy) is 5. The zero-order chi connectivity index (χ0) is 22.2. The van der Waals surface area contributed by atoms with Gasteiger partial charge in [0.2, 0.25) is 6.79 Å². The zero-order valence-corrected chi connectivity index (χ0v) is 18.1. The second kappa shape index (κ2) is 10.8. The Hall–Kier alpha value is -3.13. The molecular weight excluding hydrogens is 426 g/mol. The van der Waals surface area contributed by atoms with Crippen molar-refractivity contribution in [3.8, 4) is 23.0 Å². The van der Waals surface area contributed by atoms with Crippen LogP contribution in [0.1, 0.15) is 36.2 Å². The normalized spacial score (nSPS) is 11.7. The number of amides is 1. The van der Waals surface area contributed by atoms with Gasteiger partial charge in [0.15, 0.2) is 29.6 Å². The molecule has 1 amide bonds. The van der Waals surface area contributed by atoms with Gasteiger partial charge < -0.3 is 29.0 Å². The first-order chi connectivity index (χ1) is 15.0. The van der Waals surface area contributed by atoms with Crippen LogP contribution in [0.2, 0.25) is 5.02 Å². The summed E-state index contributed by atoms with van der Waals surface area (Å²) in [5, 5.41) is 2.92. The second-order valence-corrected chi connectivity index (χ2v) is 7.01. The molecule has 0 saturated carbocycles. The molecule has 1 heterocycles. The summed E-state index contributed by atoms with van der Waals surface area (Å²) in [7, 11) is 0. The molecule has 3 rings (SSSR count). The number of carbonyl (C=O) groups excluding carboxylic acids is 2. The van der Waals surface area contributed by atoms with Gasteiger partial charge >= 0.3 is 5.97 Å². The van der Waals surface area contributed by atoms with Crippen molar-refractivity contribution in [3.05, 3.63) is 46.5 Å². The van der Waals surface area contributed by atoms with Gasteiger partial charge in [-0.1, -0.05) is 24.6 Å². The summed E-state index contributed by atoms with van der Waals surface area (Å²) in [6, 6.07) is 8.31. The first-order valence-corrected chi connectivity index (χ1v) is 10.3. The molecular formula is C22H24ClNO7. The van der Waals surface area contributed by atoms with E-state index in [4.69, 9.17) is 35.3 Å². The van der Waals surface area contributed by atoms with E-state index in [1.807, 2.05) is 19.9 Å². The van der Waals surface area contributed by atoms with Crippen molar-refractivity contribution in [2.45, 2.75) is 26.8 Å². The largest absolute Gasteiger partial charge is 0.490 e. The van der Waals surface area contributed by atoms with Crippen molar-refractivity contribution >= 4 is 23.5 Å². The molecule has 2 aromatic carbocycles. The van der Waals surface area contributed by atoms with Gasteiger partial charge in [0.1, 0.15) is 0 Å². The Morgan fingerprint density at radius 2 is 1.90 bits per heavy atom. The SMILES string of the molecule is CCCOc1c(Cl)cc(C(=O)OCC(=O)NCc2ccc3c(c2)OCO3)cc1OCC. The topological polar surface area (TPSA) is 92.3 Å². The molecule has 0 fully saturated rings. The molecule has 1 N–H and O–H groups in total. The fourth-order valence-electron chi connectivity index (χ4n) is 2.81. The van der Waals surface area contributed by atoms with Crippen LogP contribution in [0.25, 0.3) is 0 Å². The van der Waals surface area contributed by atoms with Crippen LogP contribution in [0.4, 0.5) is 0 Å². The maximum absolute atomic E-state index is 12.4. The molecule has 0 unspecified atom stereocenters. The van der Waals surface area contributed by atoms with Gasteiger partial charge in [-0.3, -0.25) is 4.79 Å². The van der Waals surface area contributed by atoms with Gasteiger partial charge in [0.25, 0.3) is 5.91 Å². The van der Waals surface area contributed by atoms with Crippen molar-refractivity contribution in [2.24, 2.45) is 0 Å². The lowest BCUT2D eigenvalue weighted by Crippen LogP contribution is -2.28. The summed E-state index contributed by atoms with van der Waals surface area (Å²) < 4.78 is 26.8. The summed E-state index contributed by atoms with van der Waals surface area (Å²) in [6.45, 7) is 4.63. The van der Waals surface area contributed by atoms with E-state index >= 15 is 0 Å². The predicted molar refractivity (Wildman–Crippen MR) is 113 cm³/mol. The molecule has 1 aliphatic rings. The van der Waals surface area contributed by atoms with Crippen molar-refractivity contribution in [2.75, 3.05) is 26.6 Å². The van der Waals surface area contributed by atoms with Crippen LogP contribution in [0, 0.1) is 0 Å². The van der Waals surface area contributed by atoms with E-state index in [9.17, 15) is 9.59 Å². The molecule has 8 nitrogen and oxygen atoms in total. The Balaban J connectivity index is 1.55. The van der Waals surface area contributed by atoms with Crippen molar-refractivity contribution in [3.63, 3.8) is 0 Å². The molecule has 0 bridgehead atoms. The Morgan fingerprint density at radius 1 is 1.10 bits per heavy atom. The van der Waals surface area contributed by atoms with E-state index in [2.05, 4.69) is 5.32 Å². The zero-order valence-electron chi connectivity index (χ0n) is 17.4. The van der Waals surface area contributed by atoms with Crippen molar-refractivity contribution in [1.29, 1.82) is 0 Å². The fraction of sp³-hybridized carbons (Fsp3) is 0.364. The second-order valence-electron chi connectivity index (χ2n) is 6.61. The lowest BCUT2D eigenvalue weighted by Gasteiger charge is -2.14. The fourth-order valence-corrected chi connectivity index (χ4v) is 3.08. The smallest absolute Gasteiger partial charge is 0.338 e. The number of fused-ring (bicyclic) bond motifs is 1. The van der Waals surface area contributed by atoms with Crippen LogP contribution in [-0.4, -0.2) is 38.5 Å². The first kappa shape index (κ1) is 22.6. The van der Waals surface area contributed by atoms with E-state index in [-0.39, 0.29) is 23.9 Å². The van der Waals surface area contributed by atoms with Gasteiger partial charge in [0, 0.05) is 6.54 Å². The van der Waals surface area contributed by atoms with Gasteiger partial charge in [-0.2, -0.15) is 0 Å². The number of carbonyl (C=O) groups is 2. The third-order valence-corrected chi connectivity index (χ3v) is 4.54. The molecule has 0 saturated heterocycles. The van der Waals surface area contributed by atoms with E-state index in [0.717, 1.165) is 12.0 Å². The number of hydrogen-bond donors (Lipinski definition) is 1. The van der Waals surface area contributed by atoms with E-state index in [0.29, 0.717) is 36.2 Å². The Labute approximate surface area is 185 Å². The minimum atomic E-state index is -0.692. The summed E-state index contributed by atoms with van der Waals surface area (Å²) in [4.78, 5) is 24.5. The quantitative estimate of drug-likeness (QED) is 0.552. The highest BCUT2D eigenvalue weighted by Crippen LogP contribution is 2.37. The summed E-state index contributed by atoms with van der Waals surface area (Å²) in [5.41, 5.74) is 1.00. The molecule has 0 aromatic heterocycles. The average molecular weight is 450 g/mol. The number of benzene rings is 2. The molecule has 1 aliphatic heterocycles. The van der Waals surface area contributed by atoms with Gasteiger partial charge in [0.05, 0.1) is 23.8 Å². The number of esters is 1. The number of nitrogens with one attached hydrogen (secondary N) is 1. The minimum Gasteiger partial charge on any atom is -0.490 e. The summed E-state index contributed by atoms with van der Waals surface area (Å²) >= 11 is 6.26. The minimum absolute atomic E-state index is 0.167. The maximum Gasteiger partial charge on any atom is 0.338 e. The highest BCUT2D eigenvalue weighted by molar-refractivity contribution is 6.32. The maximum atomic E-state index is 12.4. The van der Waals surface area contributed by atoms with Crippen LogP contribution in [0.5, 0.6) is 23.0 Å². The van der Waals surface area contributed by atoms with Crippen molar-refractivity contribution in [1.82, 2.24) is 5.32 Å². The third kappa shape index (κ3) is 5.95. The average Bonchev–Trinajstić information content (AvgIpc) is 3.23.